The van der Waals surface area contributed by atoms with E-state index in [1.165, 1.54) is 12.8 Å². The van der Waals surface area contributed by atoms with Crippen molar-refractivity contribution in [3.05, 3.63) is 12.2 Å². The number of piperazine rings is 1. The Balaban J connectivity index is 1.74. The molecule has 1 heterocycles. The van der Waals surface area contributed by atoms with Crippen molar-refractivity contribution in [2.75, 3.05) is 26.2 Å². The van der Waals surface area contributed by atoms with Crippen molar-refractivity contribution in [2.24, 2.45) is 0 Å². The molecule has 1 aliphatic heterocycles. The molecular weight excluding hydrogens is 250 g/mol. The molecule has 0 aromatic carbocycles. The van der Waals surface area contributed by atoms with Crippen LogP contribution in [0.3, 0.4) is 0 Å². The van der Waals surface area contributed by atoms with Gasteiger partial charge >= 0.3 is 12.0 Å². The number of carbonyl (C=O) groups is 3. The van der Waals surface area contributed by atoms with Crippen LogP contribution in [-0.2, 0) is 9.59 Å². The quantitative estimate of drug-likeness (QED) is 0.682. The molecule has 104 valence electrons. The minimum atomic E-state index is -1.22. The van der Waals surface area contributed by atoms with Gasteiger partial charge in [-0.3, -0.25) is 15.0 Å². The minimum absolute atomic E-state index is 0.463. The predicted octanol–water partition coefficient (Wildman–Crippen LogP) is -0.357. The summed E-state index contributed by atoms with van der Waals surface area (Å²) in [5, 5.41) is 10.5. The van der Waals surface area contributed by atoms with Gasteiger partial charge in [-0.25, -0.2) is 9.59 Å². The lowest BCUT2D eigenvalue weighted by molar-refractivity contribution is -0.131. The molecule has 2 rings (SSSR count). The lowest BCUT2D eigenvalue weighted by Crippen LogP contribution is -2.53. The molecule has 0 aromatic rings. The van der Waals surface area contributed by atoms with Crippen molar-refractivity contribution >= 4 is 17.9 Å². The molecule has 0 atom stereocenters. The number of hydrogen-bond acceptors (Lipinski definition) is 4. The number of urea groups is 1. The van der Waals surface area contributed by atoms with E-state index in [2.05, 4.69) is 10.2 Å². The first kappa shape index (κ1) is 13.5. The van der Waals surface area contributed by atoms with E-state index in [1.54, 1.807) is 4.90 Å². The molecule has 1 saturated carbocycles. The third kappa shape index (κ3) is 4.06. The van der Waals surface area contributed by atoms with Gasteiger partial charge in [0.25, 0.3) is 5.91 Å². The monoisotopic (exact) mass is 267 g/mol. The maximum Gasteiger partial charge on any atom is 0.328 e. The van der Waals surface area contributed by atoms with E-state index in [0.29, 0.717) is 25.2 Å². The van der Waals surface area contributed by atoms with Crippen LogP contribution in [0.2, 0.25) is 0 Å². The van der Waals surface area contributed by atoms with Crippen LogP contribution in [-0.4, -0.2) is 65.0 Å². The van der Waals surface area contributed by atoms with E-state index in [4.69, 9.17) is 5.11 Å². The second kappa shape index (κ2) is 5.83. The number of nitrogens with zero attached hydrogens (tertiary/aromatic N) is 2. The van der Waals surface area contributed by atoms with Gasteiger partial charge in [0, 0.05) is 44.4 Å². The summed E-state index contributed by atoms with van der Waals surface area (Å²) in [6.07, 6.45) is 4.02. The van der Waals surface area contributed by atoms with Crippen molar-refractivity contribution < 1.29 is 19.5 Å². The summed E-state index contributed by atoms with van der Waals surface area (Å²) in [6.45, 7) is 2.85. The summed E-state index contributed by atoms with van der Waals surface area (Å²) in [5.41, 5.74) is 0. The molecule has 1 saturated heterocycles. The van der Waals surface area contributed by atoms with Crippen molar-refractivity contribution in [1.82, 2.24) is 15.1 Å². The topological polar surface area (TPSA) is 89.9 Å². The Morgan fingerprint density at radius 3 is 2.21 bits per heavy atom. The smallest absolute Gasteiger partial charge is 0.328 e. The highest BCUT2D eigenvalue weighted by Gasteiger charge is 2.32. The molecule has 0 unspecified atom stereocenters. The molecule has 0 spiro atoms. The number of carbonyl (C=O) groups excluding carboxylic acids is 2. The van der Waals surface area contributed by atoms with E-state index in [9.17, 15) is 14.4 Å². The first-order valence-corrected chi connectivity index (χ1v) is 6.31. The van der Waals surface area contributed by atoms with Gasteiger partial charge in [0.1, 0.15) is 0 Å². The highest BCUT2D eigenvalue weighted by molar-refractivity contribution is 6.02. The van der Waals surface area contributed by atoms with Crippen LogP contribution >= 0.6 is 0 Å². The Hall–Kier alpha value is -1.89. The third-order valence-electron chi connectivity index (χ3n) is 3.27. The van der Waals surface area contributed by atoms with Crippen LogP contribution in [0.25, 0.3) is 0 Å². The molecule has 0 bridgehead atoms. The largest absolute Gasteiger partial charge is 0.478 e. The fourth-order valence-corrected chi connectivity index (χ4v) is 2.10. The average molecular weight is 267 g/mol. The Labute approximate surface area is 110 Å². The number of carboxylic acid groups (broad SMARTS) is 1. The predicted molar refractivity (Wildman–Crippen MR) is 66.5 cm³/mol. The zero-order chi connectivity index (χ0) is 13.8. The van der Waals surface area contributed by atoms with Crippen LogP contribution in [0.4, 0.5) is 4.79 Å². The van der Waals surface area contributed by atoms with E-state index >= 15 is 0 Å². The third-order valence-corrected chi connectivity index (χ3v) is 3.27. The molecule has 2 N–H and O–H groups in total. The normalized spacial score (nSPS) is 20.5. The van der Waals surface area contributed by atoms with Crippen LogP contribution in [0.5, 0.6) is 0 Å². The minimum Gasteiger partial charge on any atom is -0.478 e. The fraction of sp³-hybridized carbons (Fsp3) is 0.583. The molecule has 2 fully saturated rings. The van der Waals surface area contributed by atoms with Crippen LogP contribution in [0, 0.1) is 0 Å². The van der Waals surface area contributed by atoms with Gasteiger partial charge in [0.2, 0.25) is 0 Å². The number of amides is 3. The van der Waals surface area contributed by atoms with Gasteiger partial charge in [-0.05, 0) is 12.8 Å². The molecule has 7 heteroatoms. The molecule has 7 nitrogen and oxygen atoms in total. The summed E-state index contributed by atoms with van der Waals surface area (Å²) in [5.74, 6) is -1.93. The standard InChI is InChI=1S/C12H17N3O4/c16-10(3-4-11(17)18)13-12(19)15-7-5-14(6-8-15)9-1-2-9/h3-4,9H,1-2,5-8H2,(H,17,18)(H,13,16,19). The Bertz CT molecular complexity index is 409. The van der Waals surface area contributed by atoms with Gasteiger partial charge in [-0.1, -0.05) is 0 Å². The first-order chi connectivity index (χ1) is 9.06. The van der Waals surface area contributed by atoms with Crippen LogP contribution in [0.15, 0.2) is 12.2 Å². The van der Waals surface area contributed by atoms with Crippen LogP contribution in [0.1, 0.15) is 12.8 Å². The maximum atomic E-state index is 11.7. The second-order valence-corrected chi connectivity index (χ2v) is 4.72. The molecule has 2 aliphatic rings. The number of hydrogen-bond donors (Lipinski definition) is 2. The van der Waals surface area contributed by atoms with E-state index in [0.717, 1.165) is 19.2 Å². The van der Waals surface area contributed by atoms with Crippen LogP contribution < -0.4 is 5.32 Å². The van der Waals surface area contributed by atoms with E-state index in [-0.39, 0.29) is 0 Å². The van der Waals surface area contributed by atoms with Crippen molar-refractivity contribution in [3.8, 4) is 0 Å². The van der Waals surface area contributed by atoms with Gasteiger partial charge in [0.05, 0.1) is 0 Å². The zero-order valence-electron chi connectivity index (χ0n) is 10.5. The molecule has 0 radical (unpaired) electrons. The molecule has 19 heavy (non-hydrogen) atoms. The molecule has 3 amide bonds. The van der Waals surface area contributed by atoms with Gasteiger partial charge in [-0.2, -0.15) is 0 Å². The van der Waals surface area contributed by atoms with Gasteiger partial charge in [0.15, 0.2) is 0 Å². The number of imide groups is 1. The van der Waals surface area contributed by atoms with E-state index in [1.807, 2.05) is 0 Å². The Kier molecular flexibility index (Phi) is 4.16. The van der Waals surface area contributed by atoms with Crippen molar-refractivity contribution in [2.45, 2.75) is 18.9 Å². The SMILES string of the molecule is O=C(O)C=CC(=O)NC(=O)N1CCN(C2CC2)CC1. The summed E-state index contributed by atoms with van der Waals surface area (Å²) in [7, 11) is 0. The molecule has 1 aliphatic carbocycles. The summed E-state index contributed by atoms with van der Waals surface area (Å²) in [6, 6.07) is 0.223. The second-order valence-electron chi connectivity index (χ2n) is 4.72. The number of nitrogens with one attached hydrogen (secondary N) is 1. The molecular formula is C12H17N3O4. The van der Waals surface area contributed by atoms with Crippen molar-refractivity contribution in [1.29, 1.82) is 0 Å². The fourth-order valence-electron chi connectivity index (χ4n) is 2.10. The van der Waals surface area contributed by atoms with Gasteiger partial charge in [-0.15, -0.1) is 0 Å². The molecule has 0 aromatic heterocycles. The summed E-state index contributed by atoms with van der Waals surface area (Å²) < 4.78 is 0. The lowest BCUT2D eigenvalue weighted by Gasteiger charge is -2.34. The highest BCUT2D eigenvalue weighted by atomic mass is 16.4. The lowest BCUT2D eigenvalue weighted by atomic mass is 10.3. The Morgan fingerprint density at radius 1 is 1.05 bits per heavy atom. The van der Waals surface area contributed by atoms with E-state index < -0.39 is 17.9 Å². The summed E-state index contributed by atoms with van der Waals surface area (Å²) >= 11 is 0. The highest BCUT2D eigenvalue weighted by Crippen LogP contribution is 2.27. The zero-order valence-corrected chi connectivity index (χ0v) is 10.5. The summed E-state index contributed by atoms with van der Waals surface area (Å²) in [4.78, 5) is 37.2. The first-order valence-electron chi connectivity index (χ1n) is 6.31. The number of carboxylic acids is 1. The maximum absolute atomic E-state index is 11.7. The average Bonchev–Trinajstić information content (AvgIpc) is 3.21. The van der Waals surface area contributed by atoms with Gasteiger partial charge < -0.3 is 10.0 Å². The number of rotatable bonds is 3. The van der Waals surface area contributed by atoms with Crippen molar-refractivity contribution in [3.63, 3.8) is 0 Å². The number of aliphatic carboxylic acids is 1. The Morgan fingerprint density at radius 2 is 1.68 bits per heavy atom.